The number of ether oxygens (including phenoxy) is 2. The number of Topliss-reactive ketones (excluding diaryl/α,β-unsaturated/α-hetero) is 1. The fraction of sp³-hybridized carbons (Fsp3) is 0.176. The molecule has 0 aliphatic rings. The van der Waals surface area contributed by atoms with Crippen molar-refractivity contribution in [3.63, 3.8) is 0 Å². The first-order valence-electron chi connectivity index (χ1n) is 7.35. The fourth-order valence-corrected chi connectivity index (χ4v) is 2.82. The van der Waals surface area contributed by atoms with Crippen LogP contribution in [0.2, 0.25) is 5.02 Å². The molecule has 0 bridgehead atoms. The van der Waals surface area contributed by atoms with Gasteiger partial charge in [-0.15, -0.1) is 0 Å². The van der Waals surface area contributed by atoms with E-state index in [9.17, 15) is 18.0 Å². The molecule has 0 saturated carbocycles. The Hall–Kier alpha value is -2.42. The van der Waals surface area contributed by atoms with Gasteiger partial charge in [-0.25, -0.2) is 18.4 Å². The van der Waals surface area contributed by atoms with Gasteiger partial charge in [-0.1, -0.05) is 11.6 Å². The molecule has 1 atom stereocenters. The number of rotatable bonds is 6. The predicted molar refractivity (Wildman–Crippen MR) is 95.0 cm³/mol. The van der Waals surface area contributed by atoms with Gasteiger partial charge in [0, 0.05) is 10.6 Å². The first-order chi connectivity index (χ1) is 12.1. The lowest BCUT2D eigenvalue weighted by molar-refractivity contribution is 0.0315. The quantitative estimate of drug-likeness (QED) is 0.591. The van der Waals surface area contributed by atoms with E-state index >= 15 is 0 Å². The number of benzene rings is 2. The molecule has 0 saturated heterocycles. The van der Waals surface area contributed by atoms with Crippen molar-refractivity contribution in [3.05, 3.63) is 58.6 Å². The van der Waals surface area contributed by atoms with Crippen molar-refractivity contribution in [1.29, 1.82) is 0 Å². The maximum absolute atomic E-state index is 12.4. The molecule has 0 aliphatic carbocycles. The van der Waals surface area contributed by atoms with E-state index in [0.29, 0.717) is 10.6 Å². The summed E-state index contributed by atoms with van der Waals surface area (Å²) < 4.78 is 33.1. The lowest BCUT2D eigenvalue weighted by Gasteiger charge is -2.14. The van der Waals surface area contributed by atoms with Crippen molar-refractivity contribution in [3.8, 4) is 5.75 Å². The number of hydrogen-bond donors (Lipinski definition) is 1. The van der Waals surface area contributed by atoms with Crippen LogP contribution >= 0.6 is 11.6 Å². The van der Waals surface area contributed by atoms with Crippen molar-refractivity contribution in [1.82, 2.24) is 0 Å². The maximum Gasteiger partial charge on any atom is 0.342 e. The van der Waals surface area contributed by atoms with Gasteiger partial charge >= 0.3 is 5.97 Å². The zero-order chi connectivity index (χ0) is 19.5. The number of sulfonamides is 1. The van der Waals surface area contributed by atoms with Gasteiger partial charge in [-0.05, 0) is 49.4 Å². The van der Waals surface area contributed by atoms with Crippen LogP contribution in [0.4, 0.5) is 0 Å². The third-order valence-electron chi connectivity index (χ3n) is 3.50. The lowest BCUT2D eigenvalue weighted by Crippen LogP contribution is -2.25. The SMILES string of the molecule is COc1ccc(S(N)(=O)=O)cc1C(=O)OC(C)C(=O)c1ccc(Cl)cc1. The molecule has 138 valence electrons. The van der Waals surface area contributed by atoms with Crippen LogP contribution in [-0.4, -0.2) is 33.4 Å². The second kappa shape index (κ2) is 7.86. The monoisotopic (exact) mass is 397 g/mol. The Morgan fingerprint density at radius 3 is 2.27 bits per heavy atom. The Morgan fingerprint density at radius 2 is 1.73 bits per heavy atom. The van der Waals surface area contributed by atoms with Crippen LogP contribution in [0.5, 0.6) is 5.75 Å². The van der Waals surface area contributed by atoms with Crippen molar-refractivity contribution in [2.75, 3.05) is 7.11 Å². The number of hydrogen-bond acceptors (Lipinski definition) is 6. The minimum absolute atomic E-state index is 0.0912. The van der Waals surface area contributed by atoms with Crippen LogP contribution < -0.4 is 9.88 Å². The highest BCUT2D eigenvalue weighted by atomic mass is 35.5. The lowest BCUT2D eigenvalue weighted by atomic mass is 10.1. The molecular formula is C17H16ClNO6S. The first-order valence-corrected chi connectivity index (χ1v) is 9.27. The zero-order valence-electron chi connectivity index (χ0n) is 13.9. The summed E-state index contributed by atoms with van der Waals surface area (Å²) in [6.07, 6.45) is -1.11. The molecular weight excluding hydrogens is 382 g/mol. The molecule has 9 heteroatoms. The minimum atomic E-state index is -4.02. The van der Waals surface area contributed by atoms with E-state index in [1.165, 1.54) is 38.3 Å². The molecule has 0 aliphatic heterocycles. The highest BCUT2D eigenvalue weighted by molar-refractivity contribution is 7.89. The molecule has 0 radical (unpaired) electrons. The van der Waals surface area contributed by atoms with Gasteiger partial charge in [-0.2, -0.15) is 0 Å². The smallest absolute Gasteiger partial charge is 0.342 e. The van der Waals surface area contributed by atoms with Crippen LogP contribution in [0.3, 0.4) is 0 Å². The summed E-state index contributed by atoms with van der Waals surface area (Å²) in [5.74, 6) is -1.26. The van der Waals surface area contributed by atoms with E-state index in [4.69, 9.17) is 26.2 Å². The van der Waals surface area contributed by atoms with E-state index in [1.54, 1.807) is 12.1 Å². The number of ketones is 1. The minimum Gasteiger partial charge on any atom is -0.496 e. The van der Waals surface area contributed by atoms with Crippen LogP contribution in [-0.2, 0) is 14.8 Å². The molecule has 2 aromatic rings. The molecule has 0 heterocycles. The second-order valence-electron chi connectivity index (χ2n) is 5.33. The number of primary sulfonamides is 1. The number of carbonyl (C=O) groups excluding carboxylic acids is 2. The standard InChI is InChI=1S/C17H16ClNO6S/c1-10(16(20)11-3-5-12(18)6-4-11)25-17(21)14-9-13(26(19,22)23)7-8-15(14)24-2/h3-10H,1-2H3,(H2,19,22,23). The van der Waals surface area contributed by atoms with Crippen LogP contribution in [0, 0.1) is 0 Å². The summed E-state index contributed by atoms with van der Waals surface area (Å²) in [6.45, 7) is 1.41. The molecule has 2 rings (SSSR count). The number of methoxy groups -OCH3 is 1. The Morgan fingerprint density at radius 1 is 1.12 bits per heavy atom. The van der Waals surface area contributed by atoms with Gasteiger partial charge in [0.1, 0.15) is 11.3 Å². The third-order valence-corrected chi connectivity index (χ3v) is 4.66. The normalized spacial score (nSPS) is 12.3. The Bertz CT molecular complexity index is 940. The molecule has 0 spiro atoms. The summed E-state index contributed by atoms with van der Waals surface area (Å²) in [7, 11) is -2.71. The number of nitrogens with two attached hydrogens (primary N) is 1. The topological polar surface area (TPSA) is 113 Å². The molecule has 2 N–H and O–H groups in total. The first kappa shape index (κ1) is 19.9. The number of carbonyl (C=O) groups is 2. The second-order valence-corrected chi connectivity index (χ2v) is 7.32. The molecule has 7 nitrogen and oxygen atoms in total. The van der Waals surface area contributed by atoms with Gasteiger partial charge < -0.3 is 9.47 Å². The van der Waals surface area contributed by atoms with Gasteiger partial charge in [0.2, 0.25) is 15.8 Å². The molecule has 1 unspecified atom stereocenters. The van der Waals surface area contributed by atoms with E-state index < -0.39 is 27.9 Å². The third kappa shape index (κ3) is 4.60. The maximum atomic E-state index is 12.4. The summed E-state index contributed by atoms with van der Waals surface area (Å²) >= 11 is 5.78. The van der Waals surface area contributed by atoms with E-state index in [2.05, 4.69) is 0 Å². The van der Waals surface area contributed by atoms with E-state index in [0.717, 1.165) is 6.07 Å². The Kier molecular flexibility index (Phi) is 6.01. The van der Waals surface area contributed by atoms with Gasteiger partial charge in [0.05, 0.1) is 12.0 Å². The highest BCUT2D eigenvalue weighted by Crippen LogP contribution is 2.23. The molecule has 0 fully saturated rings. The van der Waals surface area contributed by atoms with Crippen LogP contribution in [0.25, 0.3) is 0 Å². The van der Waals surface area contributed by atoms with Crippen molar-refractivity contribution in [2.45, 2.75) is 17.9 Å². The summed E-state index contributed by atoms with van der Waals surface area (Å²) in [4.78, 5) is 24.5. The molecule has 0 aromatic heterocycles. The zero-order valence-corrected chi connectivity index (χ0v) is 15.5. The van der Waals surface area contributed by atoms with Crippen LogP contribution in [0.1, 0.15) is 27.6 Å². The number of esters is 1. The van der Waals surface area contributed by atoms with Crippen molar-refractivity contribution < 1.29 is 27.5 Å². The Labute approximate surface area is 155 Å². The van der Waals surface area contributed by atoms with Gasteiger partial charge in [-0.3, -0.25) is 4.79 Å². The summed E-state index contributed by atoms with van der Waals surface area (Å²) in [5, 5.41) is 5.54. The Balaban J connectivity index is 2.25. The van der Waals surface area contributed by atoms with Crippen LogP contribution in [0.15, 0.2) is 47.4 Å². The van der Waals surface area contributed by atoms with Crippen molar-refractivity contribution in [2.24, 2.45) is 5.14 Å². The number of halogens is 1. The van der Waals surface area contributed by atoms with Crippen molar-refractivity contribution >= 4 is 33.4 Å². The largest absolute Gasteiger partial charge is 0.496 e. The fourth-order valence-electron chi connectivity index (χ4n) is 2.15. The summed E-state index contributed by atoms with van der Waals surface area (Å²) in [5.41, 5.74) is 0.162. The van der Waals surface area contributed by atoms with E-state index in [1.807, 2.05) is 0 Å². The average molecular weight is 398 g/mol. The highest BCUT2D eigenvalue weighted by Gasteiger charge is 2.24. The molecule has 0 amide bonds. The predicted octanol–water partition coefficient (Wildman–Crippen LogP) is 2.42. The molecule has 2 aromatic carbocycles. The average Bonchev–Trinajstić information content (AvgIpc) is 2.60. The molecule has 26 heavy (non-hydrogen) atoms. The van der Waals surface area contributed by atoms with Gasteiger partial charge in [0.15, 0.2) is 6.10 Å². The van der Waals surface area contributed by atoms with E-state index in [-0.39, 0.29) is 16.2 Å². The summed E-state index contributed by atoms with van der Waals surface area (Å²) in [6, 6.07) is 9.63. The van der Waals surface area contributed by atoms with Gasteiger partial charge in [0.25, 0.3) is 0 Å².